The van der Waals surface area contributed by atoms with Crippen LogP contribution in [0.2, 0.25) is 0 Å². The highest BCUT2D eigenvalue weighted by Crippen LogP contribution is 2.34. The Hall–Kier alpha value is -3.82. The van der Waals surface area contributed by atoms with Crippen LogP contribution >= 0.6 is 0 Å². The van der Waals surface area contributed by atoms with E-state index >= 15 is 0 Å². The Bertz CT molecular complexity index is 1420. The number of hydrogen-bond acceptors (Lipinski definition) is 7. The second-order valence-corrected chi connectivity index (χ2v) is 9.64. The minimum atomic E-state index is -0.484. The number of esters is 1. The first kappa shape index (κ1) is 29.2. The van der Waals surface area contributed by atoms with Crippen LogP contribution in [0.3, 0.4) is 0 Å². The van der Waals surface area contributed by atoms with Crippen molar-refractivity contribution in [1.29, 1.82) is 0 Å². The number of aliphatic hydroxyl groups is 1. The summed E-state index contributed by atoms with van der Waals surface area (Å²) in [7, 11) is 1.65. The van der Waals surface area contributed by atoms with Crippen LogP contribution in [0, 0.1) is 12.7 Å². The molecule has 40 heavy (non-hydrogen) atoms. The number of aromatic nitrogens is 3. The number of benzene rings is 3. The smallest absolute Gasteiger partial charge is 0.306 e. The molecule has 0 aliphatic heterocycles. The maximum Gasteiger partial charge on any atom is 0.306 e. The van der Waals surface area contributed by atoms with Gasteiger partial charge in [0.15, 0.2) is 0 Å². The van der Waals surface area contributed by atoms with Crippen LogP contribution in [-0.2, 0) is 34.0 Å². The molecular formula is C31H36FN3O5. The molecule has 0 saturated carbocycles. The Balaban J connectivity index is 1.44. The van der Waals surface area contributed by atoms with Gasteiger partial charge in [-0.15, -0.1) is 5.10 Å². The Morgan fingerprint density at radius 2 is 1.90 bits per heavy atom. The lowest BCUT2D eigenvalue weighted by atomic mass is 9.85. The number of aryl methyl sites for hydroxylation is 2. The van der Waals surface area contributed by atoms with Crippen molar-refractivity contribution in [1.82, 2.24) is 15.0 Å². The van der Waals surface area contributed by atoms with Crippen LogP contribution in [-0.4, -0.2) is 46.4 Å². The molecule has 1 unspecified atom stereocenters. The maximum atomic E-state index is 14.1. The van der Waals surface area contributed by atoms with Gasteiger partial charge < -0.3 is 19.3 Å². The van der Waals surface area contributed by atoms with Gasteiger partial charge in [-0.2, -0.15) is 0 Å². The van der Waals surface area contributed by atoms with Crippen molar-refractivity contribution in [2.75, 3.05) is 20.3 Å². The highest BCUT2D eigenvalue weighted by atomic mass is 19.1. The van der Waals surface area contributed by atoms with Crippen molar-refractivity contribution in [2.24, 2.45) is 0 Å². The standard InChI is InChI=1S/C31H36FN3O5/c1-4-40-30(37)18-27(23-9-13-28(32)24(17-23)19-36)26-12-14-29-31(21(26)2)33-34-35(29)15-5-6-16-39-20-22-7-10-25(38-3)11-8-22/h7-14,17,27,36H,4-6,15-16,18-20H2,1-3H3. The molecule has 4 aromatic rings. The Morgan fingerprint density at radius 1 is 1.10 bits per heavy atom. The minimum absolute atomic E-state index is 0.0847. The number of ether oxygens (including phenoxy) is 3. The van der Waals surface area contributed by atoms with Crippen molar-refractivity contribution >= 4 is 17.0 Å². The number of hydrogen-bond donors (Lipinski definition) is 1. The van der Waals surface area contributed by atoms with Gasteiger partial charge in [0.2, 0.25) is 0 Å². The van der Waals surface area contributed by atoms with Gasteiger partial charge in [0.1, 0.15) is 17.1 Å². The van der Waals surface area contributed by atoms with E-state index in [1.807, 2.05) is 48.0 Å². The lowest BCUT2D eigenvalue weighted by Gasteiger charge is -2.20. The minimum Gasteiger partial charge on any atom is -0.497 e. The topological polar surface area (TPSA) is 95.7 Å². The Kier molecular flexibility index (Phi) is 10.2. The average molecular weight is 550 g/mol. The SMILES string of the molecule is CCOC(=O)CC(c1ccc(F)c(CO)c1)c1ccc2c(nnn2CCCCOCc2ccc(OC)cc2)c1C. The quantitative estimate of drug-likeness (QED) is 0.165. The van der Waals surface area contributed by atoms with Crippen molar-refractivity contribution in [3.05, 3.63) is 88.2 Å². The second-order valence-electron chi connectivity index (χ2n) is 9.64. The molecule has 1 heterocycles. The highest BCUT2D eigenvalue weighted by Gasteiger charge is 2.24. The van der Waals surface area contributed by atoms with Crippen LogP contribution in [0.1, 0.15) is 59.9 Å². The third kappa shape index (κ3) is 7.03. The summed E-state index contributed by atoms with van der Waals surface area (Å²) in [6.07, 6.45) is 1.85. The zero-order chi connectivity index (χ0) is 28.5. The van der Waals surface area contributed by atoms with Gasteiger partial charge in [0.25, 0.3) is 0 Å². The molecule has 0 radical (unpaired) electrons. The van der Waals surface area contributed by atoms with E-state index in [4.69, 9.17) is 14.2 Å². The molecule has 8 nitrogen and oxygen atoms in total. The summed E-state index contributed by atoms with van der Waals surface area (Å²) in [6, 6.07) is 16.4. The number of unbranched alkanes of at least 4 members (excludes halogenated alkanes) is 1. The van der Waals surface area contributed by atoms with Crippen molar-refractivity contribution < 1.29 is 28.5 Å². The molecule has 0 saturated heterocycles. The molecule has 0 amide bonds. The number of fused-ring (bicyclic) bond motifs is 1. The normalized spacial score (nSPS) is 12.0. The fourth-order valence-electron chi connectivity index (χ4n) is 4.83. The zero-order valence-electron chi connectivity index (χ0n) is 23.2. The monoisotopic (exact) mass is 549 g/mol. The second kappa shape index (κ2) is 14.0. The summed E-state index contributed by atoms with van der Waals surface area (Å²) in [5.41, 5.74) is 5.46. The number of aliphatic hydroxyl groups excluding tert-OH is 1. The number of rotatable bonds is 14. The van der Waals surface area contributed by atoms with Crippen LogP contribution < -0.4 is 4.74 Å². The van der Waals surface area contributed by atoms with Gasteiger partial charge >= 0.3 is 5.97 Å². The van der Waals surface area contributed by atoms with Gasteiger partial charge in [0.05, 0.1) is 38.9 Å². The van der Waals surface area contributed by atoms with E-state index in [1.165, 1.54) is 6.07 Å². The first-order valence-corrected chi connectivity index (χ1v) is 13.5. The largest absolute Gasteiger partial charge is 0.497 e. The molecule has 212 valence electrons. The number of carbonyl (C=O) groups excluding carboxylic acids is 1. The van der Waals surface area contributed by atoms with E-state index < -0.39 is 12.4 Å². The highest BCUT2D eigenvalue weighted by molar-refractivity contribution is 5.80. The van der Waals surface area contributed by atoms with E-state index in [2.05, 4.69) is 10.3 Å². The van der Waals surface area contributed by atoms with Gasteiger partial charge in [-0.1, -0.05) is 29.5 Å². The summed E-state index contributed by atoms with van der Waals surface area (Å²) >= 11 is 0. The fraction of sp³-hybridized carbons (Fsp3) is 0.387. The molecule has 0 fully saturated rings. The van der Waals surface area contributed by atoms with Gasteiger partial charge in [-0.25, -0.2) is 9.07 Å². The number of methoxy groups -OCH3 is 1. The molecule has 0 spiro atoms. The predicted molar refractivity (Wildman–Crippen MR) is 150 cm³/mol. The van der Waals surface area contributed by atoms with Gasteiger partial charge in [-0.3, -0.25) is 4.79 Å². The van der Waals surface area contributed by atoms with Crippen LogP contribution in [0.15, 0.2) is 54.6 Å². The van der Waals surface area contributed by atoms with E-state index in [0.29, 0.717) is 19.8 Å². The van der Waals surface area contributed by atoms with E-state index in [0.717, 1.165) is 51.9 Å². The Morgan fingerprint density at radius 3 is 2.62 bits per heavy atom. The molecule has 1 N–H and O–H groups in total. The first-order chi connectivity index (χ1) is 19.4. The summed E-state index contributed by atoms with van der Waals surface area (Å²) in [6.45, 7) is 5.46. The van der Waals surface area contributed by atoms with Crippen molar-refractivity contribution in [2.45, 2.75) is 58.8 Å². The zero-order valence-corrected chi connectivity index (χ0v) is 23.2. The Labute approximate surface area is 233 Å². The molecule has 0 aliphatic rings. The predicted octanol–water partition coefficient (Wildman–Crippen LogP) is 5.46. The van der Waals surface area contributed by atoms with Gasteiger partial charge in [0, 0.05) is 24.6 Å². The first-order valence-electron chi connectivity index (χ1n) is 13.5. The fourth-order valence-corrected chi connectivity index (χ4v) is 4.83. The summed E-state index contributed by atoms with van der Waals surface area (Å²) < 4.78 is 32.2. The molecule has 1 atom stereocenters. The van der Waals surface area contributed by atoms with Crippen molar-refractivity contribution in [3.63, 3.8) is 0 Å². The lowest BCUT2D eigenvalue weighted by Crippen LogP contribution is -2.13. The van der Waals surface area contributed by atoms with Crippen LogP contribution in [0.5, 0.6) is 5.75 Å². The third-order valence-electron chi connectivity index (χ3n) is 7.01. The molecule has 1 aromatic heterocycles. The van der Waals surface area contributed by atoms with E-state index in [-0.39, 0.29) is 30.5 Å². The van der Waals surface area contributed by atoms with E-state index in [1.54, 1.807) is 26.2 Å². The molecular weight excluding hydrogens is 513 g/mol. The summed E-state index contributed by atoms with van der Waals surface area (Å²) in [4.78, 5) is 12.5. The number of nitrogens with zero attached hydrogens (tertiary/aromatic N) is 3. The molecule has 3 aromatic carbocycles. The lowest BCUT2D eigenvalue weighted by molar-refractivity contribution is -0.143. The number of halogens is 1. The average Bonchev–Trinajstić information content (AvgIpc) is 3.38. The summed E-state index contributed by atoms with van der Waals surface area (Å²) in [5, 5.41) is 18.4. The molecule has 4 rings (SSSR count). The maximum absolute atomic E-state index is 14.1. The molecule has 0 bridgehead atoms. The van der Waals surface area contributed by atoms with Crippen molar-refractivity contribution in [3.8, 4) is 5.75 Å². The van der Waals surface area contributed by atoms with Crippen LogP contribution in [0.25, 0.3) is 11.0 Å². The van der Waals surface area contributed by atoms with Crippen LogP contribution in [0.4, 0.5) is 4.39 Å². The van der Waals surface area contributed by atoms with E-state index in [9.17, 15) is 14.3 Å². The number of carbonyl (C=O) groups is 1. The third-order valence-corrected chi connectivity index (χ3v) is 7.01. The molecule has 9 heteroatoms. The molecule has 0 aliphatic carbocycles. The summed E-state index contributed by atoms with van der Waals surface area (Å²) in [5.74, 6) is -0.392. The van der Waals surface area contributed by atoms with Gasteiger partial charge in [-0.05, 0) is 79.3 Å².